The van der Waals surface area contributed by atoms with E-state index in [2.05, 4.69) is 47.2 Å². The monoisotopic (exact) mass is 285 g/mol. The predicted octanol–water partition coefficient (Wildman–Crippen LogP) is 3.29. The molecular weight excluding hydrogens is 262 g/mol. The number of nitrogens with zero attached hydrogens (tertiary/aromatic N) is 4. The summed E-state index contributed by atoms with van der Waals surface area (Å²) < 4.78 is 1.71. The Kier molecular flexibility index (Phi) is 3.66. The van der Waals surface area contributed by atoms with Crippen LogP contribution >= 0.6 is 0 Å². The van der Waals surface area contributed by atoms with Crippen molar-refractivity contribution in [2.45, 2.75) is 46.1 Å². The maximum Gasteiger partial charge on any atom is 0.178 e. The van der Waals surface area contributed by atoms with Crippen molar-refractivity contribution < 1.29 is 0 Å². The van der Waals surface area contributed by atoms with Crippen molar-refractivity contribution in [2.75, 3.05) is 5.32 Å². The molecule has 0 aromatic carbocycles. The van der Waals surface area contributed by atoms with Crippen LogP contribution in [0.1, 0.15) is 40.0 Å². The third kappa shape index (κ3) is 3.23. The summed E-state index contributed by atoms with van der Waals surface area (Å²) in [5.74, 6) is 1.56. The standard InChI is InChI=1S/C16H23N5/c1-12-7-13(9-16(2,3)8-12)20-14-5-4-6-18-15(14)21-11-17-10-19-21/h4-6,10-13,20H,7-9H2,1-3H3. The highest BCUT2D eigenvalue weighted by Gasteiger charge is 2.32. The van der Waals surface area contributed by atoms with Crippen molar-refractivity contribution in [2.24, 2.45) is 11.3 Å². The van der Waals surface area contributed by atoms with E-state index < -0.39 is 0 Å². The van der Waals surface area contributed by atoms with Crippen LogP contribution in [0.2, 0.25) is 0 Å². The number of rotatable bonds is 3. The summed E-state index contributed by atoms with van der Waals surface area (Å²) in [4.78, 5) is 8.45. The highest BCUT2D eigenvalue weighted by molar-refractivity contribution is 5.56. The van der Waals surface area contributed by atoms with Gasteiger partial charge in [0.15, 0.2) is 5.82 Å². The Bertz CT molecular complexity index is 590. The van der Waals surface area contributed by atoms with E-state index in [1.807, 2.05) is 6.07 Å². The van der Waals surface area contributed by atoms with Crippen LogP contribution < -0.4 is 5.32 Å². The zero-order chi connectivity index (χ0) is 14.9. The quantitative estimate of drug-likeness (QED) is 0.940. The van der Waals surface area contributed by atoms with Crippen molar-refractivity contribution in [3.8, 4) is 5.82 Å². The van der Waals surface area contributed by atoms with Crippen molar-refractivity contribution in [1.82, 2.24) is 19.7 Å². The summed E-state index contributed by atoms with van der Waals surface area (Å²) in [6.45, 7) is 7.06. The van der Waals surface area contributed by atoms with Crippen molar-refractivity contribution in [3.05, 3.63) is 31.0 Å². The van der Waals surface area contributed by atoms with E-state index in [0.717, 1.165) is 17.4 Å². The van der Waals surface area contributed by atoms with Gasteiger partial charge in [0.2, 0.25) is 0 Å². The molecule has 1 fully saturated rings. The molecule has 112 valence electrons. The van der Waals surface area contributed by atoms with Crippen LogP contribution in [0.15, 0.2) is 31.0 Å². The lowest BCUT2D eigenvalue weighted by atomic mass is 9.70. The van der Waals surface area contributed by atoms with Crippen LogP contribution in [0, 0.1) is 11.3 Å². The molecule has 0 spiro atoms. The second-order valence-corrected chi connectivity index (χ2v) is 6.97. The molecule has 1 aliphatic rings. The fraction of sp³-hybridized carbons (Fsp3) is 0.562. The summed E-state index contributed by atoms with van der Waals surface area (Å²) in [6.07, 6.45) is 8.69. The summed E-state index contributed by atoms with van der Waals surface area (Å²) in [7, 11) is 0. The second-order valence-electron chi connectivity index (χ2n) is 6.97. The maximum atomic E-state index is 4.44. The Morgan fingerprint density at radius 1 is 1.33 bits per heavy atom. The van der Waals surface area contributed by atoms with E-state index in [9.17, 15) is 0 Å². The van der Waals surface area contributed by atoms with Gasteiger partial charge in [-0.15, -0.1) is 0 Å². The van der Waals surface area contributed by atoms with E-state index in [1.54, 1.807) is 17.2 Å². The molecule has 2 unspecified atom stereocenters. The molecule has 5 nitrogen and oxygen atoms in total. The zero-order valence-electron chi connectivity index (χ0n) is 13.0. The molecular formula is C16H23N5. The number of pyridine rings is 1. The van der Waals surface area contributed by atoms with Crippen molar-refractivity contribution in [3.63, 3.8) is 0 Å². The van der Waals surface area contributed by atoms with Gasteiger partial charge in [-0.25, -0.2) is 14.6 Å². The largest absolute Gasteiger partial charge is 0.379 e. The van der Waals surface area contributed by atoms with Crippen molar-refractivity contribution in [1.29, 1.82) is 0 Å². The summed E-state index contributed by atoms with van der Waals surface area (Å²) in [5, 5.41) is 7.86. The van der Waals surface area contributed by atoms with Gasteiger partial charge in [0.1, 0.15) is 12.7 Å². The second kappa shape index (κ2) is 5.47. The number of anilines is 1. The van der Waals surface area contributed by atoms with Gasteiger partial charge in [-0.3, -0.25) is 0 Å². The van der Waals surface area contributed by atoms with Gasteiger partial charge >= 0.3 is 0 Å². The first kappa shape index (κ1) is 14.0. The molecule has 2 atom stereocenters. The Morgan fingerprint density at radius 2 is 2.19 bits per heavy atom. The highest BCUT2D eigenvalue weighted by Crippen LogP contribution is 2.39. The van der Waals surface area contributed by atoms with E-state index in [1.165, 1.54) is 25.6 Å². The Hall–Kier alpha value is -1.91. The van der Waals surface area contributed by atoms with E-state index in [-0.39, 0.29) is 0 Å². The van der Waals surface area contributed by atoms with Crippen molar-refractivity contribution >= 4 is 5.69 Å². The minimum absolute atomic E-state index is 0.394. The van der Waals surface area contributed by atoms with Gasteiger partial charge < -0.3 is 5.32 Å². The van der Waals surface area contributed by atoms with Gasteiger partial charge in [0.25, 0.3) is 0 Å². The number of hydrogen-bond donors (Lipinski definition) is 1. The molecule has 2 aromatic heterocycles. The molecule has 1 aliphatic carbocycles. The zero-order valence-corrected chi connectivity index (χ0v) is 13.0. The Labute approximate surface area is 125 Å². The SMILES string of the molecule is CC1CC(Nc2cccnc2-n2cncn2)CC(C)(C)C1. The minimum Gasteiger partial charge on any atom is -0.379 e. The van der Waals surface area contributed by atoms with E-state index >= 15 is 0 Å². The number of hydrogen-bond acceptors (Lipinski definition) is 4. The number of aromatic nitrogens is 4. The molecule has 0 bridgehead atoms. The van der Waals surface area contributed by atoms with Gasteiger partial charge in [0.05, 0.1) is 5.69 Å². The van der Waals surface area contributed by atoms with Gasteiger partial charge in [-0.05, 0) is 42.7 Å². The van der Waals surface area contributed by atoms with E-state index in [4.69, 9.17) is 0 Å². The van der Waals surface area contributed by atoms with Gasteiger partial charge in [-0.1, -0.05) is 20.8 Å². The molecule has 3 rings (SSSR count). The van der Waals surface area contributed by atoms with Crippen LogP contribution in [0.3, 0.4) is 0 Å². The van der Waals surface area contributed by atoms with E-state index in [0.29, 0.717) is 11.5 Å². The lowest BCUT2D eigenvalue weighted by Crippen LogP contribution is -2.35. The van der Waals surface area contributed by atoms with Crippen LogP contribution in [0.5, 0.6) is 0 Å². The fourth-order valence-electron chi connectivity index (χ4n) is 3.69. The molecule has 5 heteroatoms. The minimum atomic E-state index is 0.394. The van der Waals surface area contributed by atoms with Crippen LogP contribution in [0.4, 0.5) is 5.69 Å². The predicted molar refractivity (Wildman–Crippen MR) is 83.4 cm³/mol. The van der Waals surface area contributed by atoms with Crippen LogP contribution in [0.25, 0.3) is 5.82 Å². The highest BCUT2D eigenvalue weighted by atomic mass is 15.3. The Balaban J connectivity index is 1.82. The first-order valence-electron chi connectivity index (χ1n) is 7.60. The molecule has 2 heterocycles. The molecule has 2 aromatic rings. The molecule has 0 saturated heterocycles. The summed E-state index contributed by atoms with van der Waals surface area (Å²) >= 11 is 0. The molecule has 0 aliphatic heterocycles. The third-order valence-electron chi connectivity index (χ3n) is 4.17. The third-order valence-corrected chi connectivity index (χ3v) is 4.17. The van der Waals surface area contributed by atoms with Gasteiger partial charge in [-0.2, -0.15) is 5.10 Å². The first-order chi connectivity index (χ1) is 10.0. The van der Waals surface area contributed by atoms with Crippen LogP contribution in [-0.4, -0.2) is 25.8 Å². The smallest absolute Gasteiger partial charge is 0.178 e. The average Bonchev–Trinajstić information content (AvgIpc) is 2.90. The van der Waals surface area contributed by atoms with Gasteiger partial charge in [0, 0.05) is 12.2 Å². The first-order valence-corrected chi connectivity index (χ1v) is 7.60. The molecule has 1 N–H and O–H groups in total. The lowest BCUT2D eigenvalue weighted by Gasteiger charge is -2.39. The fourth-order valence-corrected chi connectivity index (χ4v) is 3.69. The maximum absolute atomic E-state index is 4.44. The topological polar surface area (TPSA) is 55.6 Å². The normalized spacial score (nSPS) is 24.7. The summed E-state index contributed by atoms with van der Waals surface area (Å²) in [6, 6.07) is 4.51. The molecule has 0 amide bonds. The molecule has 21 heavy (non-hydrogen) atoms. The Morgan fingerprint density at radius 3 is 2.90 bits per heavy atom. The molecule has 0 radical (unpaired) electrons. The van der Waals surface area contributed by atoms with Crippen LogP contribution in [-0.2, 0) is 0 Å². The number of nitrogens with one attached hydrogen (secondary N) is 1. The lowest BCUT2D eigenvalue weighted by molar-refractivity contribution is 0.178. The average molecular weight is 285 g/mol. The molecule has 1 saturated carbocycles. The summed E-state index contributed by atoms with van der Waals surface area (Å²) in [5.41, 5.74) is 1.42.